The number of nitrogens with one attached hydrogen (secondary N) is 2. The Labute approximate surface area is 64.2 Å². The summed E-state index contributed by atoms with van der Waals surface area (Å²) >= 11 is 0. The van der Waals surface area contributed by atoms with Crippen molar-refractivity contribution in [2.24, 2.45) is 5.18 Å². The van der Waals surface area contributed by atoms with Crippen molar-refractivity contribution in [3.63, 3.8) is 0 Å². The maximum Gasteiger partial charge on any atom is 0.328 e. The monoisotopic (exact) mass is 175 g/mol. The number of H-pyrrole nitrogens is 2. The van der Waals surface area contributed by atoms with E-state index in [0.29, 0.717) is 0 Å². The molecule has 0 aliphatic carbocycles. The van der Waals surface area contributed by atoms with Crippen molar-refractivity contribution >= 4 is 5.69 Å². The van der Waals surface area contributed by atoms with Crippen LogP contribution < -0.4 is 11.2 Å². The molecule has 8 heteroatoms. The normalized spacial score (nSPS) is 8.67. The first-order chi connectivity index (χ1) is 5.15. The molecule has 0 atom stereocenters. The second-order valence-electron chi connectivity index (χ2n) is 1.70. The van der Waals surface area contributed by atoms with Gasteiger partial charge in [0.25, 0.3) is 5.56 Å². The summed E-state index contributed by atoms with van der Waals surface area (Å²) in [5, 5.41) is 10.9. The van der Waals surface area contributed by atoms with Gasteiger partial charge in [0.2, 0.25) is 11.6 Å². The lowest BCUT2D eigenvalue weighted by molar-refractivity contribution is 0.450. The Bertz CT molecular complexity index is 390. The van der Waals surface area contributed by atoms with E-state index in [9.17, 15) is 14.5 Å². The first-order valence-corrected chi connectivity index (χ1v) is 2.54. The molecule has 0 saturated carbocycles. The molecule has 12 heavy (non-hydrogen) atoms. The van der Waals surface area contributed by atoms with E-state index in [2.05, 4.69) is 5.18 Å². The molecule has 0 spiro atoms. The van der Waals surface area contributed by atoms with Crippen LogP contribution in [-0.4, -0.2) is 20.6 Å². The van der Waals surface area contributed by atoms with Crippen LogP contribution in [0.3, 0.4) is 0 Å². The highest BCUT2D eigenvalue weighted by Crippen LogP contribution is 2.13. The maximum absolute atomic E-state index is 10.6. The number of rotatable bonds is 1. The van der Waals surface area contributed by atoms with E-state index in [1.54, 1.807) is 9.97 Å². The van der Waals surface area contributed by atoms with E-state index in [1.165, 1.54) is 0 Å². The summed E-state index contributed by atoms with van der Waals surface area (Å²) in [7, 11) is 0. The predicted octanol–water partition coefficient (Wildman–Crippen LogP) is -1.66. The molecule has 1 aromatic heterocycles. The van der Waals surface area contributed by atoms with Gasteiger partial charge in [-0.3, -0.25) is 14.8 Å². The van der Waals surface area contributed by atoms with Gasteiger partial charge in [-0.05, 0) is 5.18 Å². The molecule has 1 rings (SSSR count). The Kier molecular flexibility index (Phi) is 2.88. The van der Waals surface area contributed by atoms with Gasteiger partial charge in [0.1, 0.15) is 0 Å². The van der Waals surface area contributed by atoms with Gasteiger partial charge in [-0.15, -0.1) is 4.91 Å². The topological polar surface area (TPSA) is 147 Å². The predicted molar refractivity (Wildman–Crippen MR) is 38.4 cm³/mol. The Morgan fingerprint density at radius 1 is 1.25 bits per heavy atom. The van der Waals surface area contributed by atoms with Gasteiger partial charge in [-0.25, -0.2) is 4.79 Å². The number of aromatic nitrogens is 2. The molecule has 0 fully saturated rings. The van der Waals surface area contributed by atoms with Crippen molar-refractivity contribution in [2.75, 3.05) is 0 Å². The van der Waals surface area contributed by atoms with Crippen LogP contribution in [-0.2, 0) is 0 Å². The van der Waals surface area contributed by atoms with Crippen molar-refractivity contribution in [1.82, 2.24) is 9.97 Å². The van der Waals surface area contributed by atoms with Crippen molar-refractivity contribution < 1.29 is 10.6 Å². The summed E-state index contributed by atoms with van der Waals surface area (Å²) in [6.07, 6.45) is 0. The molecule has 66 valence electrons. The molecular formula is C4H5N3O5. The van der Waals surface area contributed by atoms with Crippen molar-refractivity contribution in [3.05, 3.63) is 25.7 Å². The van der Waals surface area contributed by atoms with Gasteiger partial charge in [0.15, 0.2) is 0 Å². The van der Waals surface area contributed by atoms with Crippen LogP contribution in [0, 0.1) is 4.91 Å². The average Bonchev–Trinajstić information content (AvgIpc) is 1.85. The smallest absolute Gasteiger partial charge is 0.328 e. The molecule has 0 amide bonds. The Hall–Kier alpha value is -1.96. The number of aromatic amines is 2. The zero-order valence-corrected chi connectivity index (χ0v) is 5.62. The SMILES string of the molecule is O.O=Nc1c(O)[nH]c(=O)[nH]c1=O. The zero-order valence-electron chi connectivity index (χ0n) is 5.62. The summed E-state index contributed by atoms with van der Waals surface area (Å²) in [6.45, 7) is 0. The fraction of sp³-hybridized carbons (Fsp3) is 0. The number of nitrogens with zero attached hydrogens (tertiary/aromatic N) is 1. The van der Waals surface area contributed by atoms with Crippen LogP contribution in [0.5, 0.6) is 5.88 Å². The summed E-state index contributed by atoms with van der Waals surface area (Å²) in [6, 6.07) is 0. The quantitative estimate of drug-likeness (QED) is 0.438. The zero-order chi connectivity index (χ0) is 8.43. The highest BCUT2D eigenvalue weighted by Gasteiger charge is 2.06. The Morgan fingerprint density at radius 2 is 1.83 bits per heavy atom. The molecular weight excluding hydrogens is 170 g/mol. The Morgan fingerprint density at radius 3 is 2.25 bits per heavy atom. The van der Waals surface area contributed by atoms with Gasteiger partial charge < -0.3 is 10.6 Å². The van der Waals surface area contributed by atoms with E-state index in [1.807, 2.05) is 0 Å². The van der Waals surface area contributed by atoms with Crippen LogP contribution in [0.1, 0.15) is 0 Å². The average molecular weight is 175 g/mol. The minimum Gasteiger partial charge on any atom is -0.493 e. The molecule has 5 N–H and O–H groups in total. The fourth-order valence-electron chi connectivity index (χ4n) is 0.553. The van der Waals surface area contributed by atoms with Crippen LogP contribution in [0.4, 0.5) is 5.69 Å². The lowest BCUT2D eigenvalue weighted by Gasteiger charge is -1.90. The number of hydrogen-bond acceptors (Lipinski definition) is 5. The van der Waals surface area contributed by atoms with E-state index in [-0.39, 0.29) is 5.48 Å². The minimum atomic E-state index is -1.01. The van der Waals surface area contributed by atoms with Crippen LogP contribution in [0.2, 0.25) is 0 Å². The third-order valence-corrected chi connectivity index (χ3v) is 0.990. The van der Waals surface area contributed by atoms with E-state index in [4.69, 9.17) is 5.11 Å². The lowest BCUT2D eigenvalue weighted by atomic mass is 10.5. The third-order valence-electron chi connectivity index (χ3n) is 0.990. The maximum atomic E-state index is 10.6. The molecule has 1 aromatic rings. The van der Waals surface area contributed by atoms with Crippen LogP contribution in [0.25, 0.3) is 0 Å². The van der Waals surface area contributed by atoms with Gasteiger partial charge in [0, 0.05) is 0 Å². The summed E-state index contributed by atoms with van der Waals surface area (Å²) in [4.78, 5) is 34.2. The molecule has 8 nitrogen and oxygen atoms in total. The van der Waals surface area contributed by atoms with Crippen LogP contribution in [0.15, 0.2) is 14.8 Å². The third kappa shape index (κ3) is 1.55. The van der Waals surface area contributed by atoms with E-state index < -0.39 is 22.8 Å². The highest BCUT2D eigenvalue weighted by atomic mass is 16.3. The summed E-state index contributed by atoms with van der Waals surface area (Å²) < 4.78 is 0. The number of hydrogen-bond donors (Lipinski definition) is 3. The van der Waals surface area contributed by atoms with Gasteiger partial charge in [-0.1, -0.05) is 0 Å². The highest BCUT2D eigenvalue weighted by molar-refractivity contribution is 5.42. The molecule has 0 bridgehead atoms. The molecule has 0 saturated heterocycles. The molecule has 0 aliphatic heterocycles. The van der Waals surface area contributed by atoms with Crippen molar-refractivity contribution in [3.8, 4) is 5.88 Å². The van der Waals surface area contributed by atoms with E-state index >= 15 is 0 Å². The second kappa shape index (κ2) is 3.44. The van der Waals surface area contributed by atoms with Crippen LogP contribution >= 0.6 is 0 Å². The molecule has 0 radical (unpaired) electrons. The summed E-state index contributed by atoms with van der Waals surface area (Å²) in [5.41, 5.74) is -2.63. The second-order valence-corrected chi connectivity index (χ2v) is 1.70. The van der Waals surface area contributed by atoms with Gasteiger partial charge >= 0.3 is 5.69 Å². The lowest BCUT2D eigenvalue weighted by Crippen LogP contribution is -2.20. The standard InChI is InChI=1S/C4H3N3O4.H2O/c8-2-1(7-11)3(9)6-4(10)5-2;/h(H3,5,6,8,9,10);1H2. The molecule has 1 heterocycles. The van der Waals surface area contributed by atoms with Crippen molar-refractivity contribution in [2.45, 2.75) is 0 Å². The minimum absolute atomic E-state index is 0. The number of nitroso groups, excluding NO2 is 1. The summed E-state index contributed by atoms with van der Waals surface area (Å²) in [5.74, 6) is -0.825. The Balaban J connectivity index is 0.00000121. The van der Waals surface area contributed by atoms with Gasteiger partial charge in [-0.2, -0.15) is 0 Å². The van der Waals surface area contributed by atoms with Gasteiger partial charge in [0.05, 0.1) is 0 Å². The van der Waals surface area contributed by atoms with Crippen molar-refractivity contribution in [1.29, 1.82) is 0 Å². The molecule has 0 unspecified atom stereocenters. The first kappa shape index (κ1) is 10.0. The van der Waals surface area contributed by atoms with E-state index in [0.717, 1.165) is 0 Å². The molecule has 0 aliphatic rings. The fourth-order valence-corrected chi connectivity index (χ4v) is 0.553. The molecule has 0 aromatic carbocycles. The number of aromatic hydroxyl groups is 1. The first-order valence-electron chi connectivity index (χ1n) is 2.54. The largest absolute Gasteiger partial charge is 0.493 e.